The Morgan fingerprint density at radius 1 is 1.08 bits per heavy atom. The van der Waals surface area contributed by atoms with Gasteiger partial charge < -0.3 is 24.6 Å². The minimum atomic E-state index is -0.778. The molecule has 4 rings (SSSR count). The standard InChI is InChI=1S/C20H21NO5/c1-24-14-5-2-12(3-6-14)19-18(20(22)23)15(11-21-19)13-4-7-16-17(10-13)26-9-8-25-16/h2-7,10,15,18-19,21H,8-9,11H2,1H3,(H,22,23)/p+1/t15?,18-,19?/m1/s1. The summed E-state index contributed by atoms with van der Waals surface area (Å²) in [6.45, 7) is 1.78. The largest absolute Gasteiger partial charge is 0.497 e. The van der Waals surface area contributed by atoms with Gasteiger partial charge in [0.05, 0.1) is 19.6 Å². The van der Waals surface area contributed by atoms with Crippen LogP contribution < -0.4 is 19.5 Å². The molecule has 2 aromatic rings. The number of hydrogen-bond acceptors (Lipinski definition) is 4. The smallest absolute Gasteiger partial charge is 0.313 e. The molecule has 0 aliphatic carbocycles. The van der Waals surface area contributed by atoms with Crippen molar-refractivity contribution in [2.24, 2.45) is 5.92 Å². The first-order chi connectivity index (χ1) is 12.7. The van der Waals surface area contributed by atoms with Crippen LogP contribution in [0.5, 0.6) is 17.2 Å². The maximum Gasteiger partial charge on any atom is 0.313 e. The van der Waals surface area contributed by atoms with Crippen LogP contribution in [0.2, 0.25) is 0 Å². The molecule has 136 valence electrons. The molecule has 3 N–H and O–H groups in total. The minimum absolute atomic E-state index is 0.0876. The van der Waals surface area contributed by atoms with E-state index in [9.17, 15) is 9.90 Å². The molecular weight excluding hydrogens is 334 g/mol. The topological polar surface area (TPSA) is 81.6 Å². The molecule has 0 spiro atoms. The van der Waals surface area contributed by atoms with Gasteiger partial charge in [0.25, 0.3) is 0 Å². The van der Waals surface area contributed by atoms with E-state index in [1.165, 1.54) is 0 Å². The van der Waals surface area contributed by atoms with Crippen LogP contribution in [0.15, 0.2) is 42.5 Å². The van der Waals surface area contributed by atoms with Crippen molar-refractivity contribution in [2.45, 2.75) is 12.0 Å². The number of fused-ring (bicyclic) bond motifs is 1. The van der Waals surface area contributed by atoms with Crippen LogP contribution in [-0.4, -0.2) is 37.9 Å². The Bertz CT molecular complexity index is 804. The highest BCUT2D eigenvalue weighted by Crippen LogP contribution is 2.40. The van der Waals surface area contributed by atoms with E-state index in [1.54, 1.807) is 7.11 Å². The van der Waals surface area contributed by atoms with Gasteiger partial charge in [0, 0.05) is 5.56 Å². The SMILES string of the molecule is COc1ccc(C2[NH2+]CC(c3ccc4c(c3)OCCO4)[C@H]2C(=O)O)cc1. The fourth-order valence-corrected chi connectivity index (χ4v) is 3.97. The van der Waals surface area contributed by atoms with E-state index in [0.29, 0.717) is 25.5 Å². The summed E-state index contributed by atoms with van der Waals surface area (Å²) in [5.74, 6) is 0.814. The number of benzene rings is 2. The van der Waals surface area contributed by atoms with Crippen molar-refractivity contribution in [3.05, 3.63) is 53.6 Å². The van der Waals surface area contributed by atoms with Crippen LogP contribution in [0, 0.1) is 5.92 Å². The number of hydrogen-bond donors (Lipinski definition) is 2. The second-order valence-corrected chi connectivity index (χ2v) is 6.64. The van der Waals surface area contributed by atoms with Crippen molar-refractivity contribution in [3.63, 3.8) is 0 Å². The minimum Gasteiger partial charge on any atom is -0.497 e. The van der Waals surface area contributed by atoms with Crippen LogP contribution in [0.25, 0.3) is 0 Å². The van der Waals surface area contributed by atoms with Gasteiger partial charge in [-0.05, 0) is 42.0 Å². The maximum absolute atomic E-state index is 12.1. The van der Waals surface area contributed by atoms with Gasteiger partial charge in [-0.3, -0.25) is 4.79 Å². The lowest BCUT2D eigenvalue weighted by molar-refractivity contribution is -0.679. The highest BCUT2D eigenvalue weighted by Gasteiger charge is 2.46. The first kappa shape index (κ1) is 16.7. The van der Waals surface area contributed by atoms with E-state index in [0.717, 1.165) is 22.6 Å². The zero-order valence-corrected chi connectivity index (χ0v) is 14.6. The highest BCUT2D eigenvalue weighted by molar-refractivity contribution is 5.73. The number of quaternary nitrogens is 1. The molecule has 0 aromatic heterocycles. The van der Waals surface area contributed by atoms with E-state index in [2.05, 4.69) is 5.32 Å². The highest BCUT2D eigenvalue weighted by atomic mass is 16.6. The maximum atomic E-state index is 12.1. The zero-order chi connectivity index (χ0) is 18.1. The lowest BCUT2D eigenvalue weighted by Gasteiger charge is -2.21. The molecule has 26 heavy (non-hydrogen) atoms. The molecule has 2 heterocycles. The fraction of sp³-hybridized carbons (Fsp3) is 0.350. The Morgan fingerprint density at radius 2 is 1.77 bits per heavy atom. The van der Waals surface area contributed by atoms with Crippen molar-refractivity contribution in [3.8, 4) is 17.2 Å². The Balaban J connectivity index is 1.63. The summed E-state index contributed by atoms with van der Waals surface area (Å²) in [6, 6.07) is 13.3. The van der Waals surface area contributed by atoms with Crippen LogP contribution >= 0.6 is 0 Å². The summed E-state index contributed by atoms with van der Waals surface area (Å²) in [5, 5.41) is 12.0. The van der Waals surface area contributed by atoms with E-state index >= 15 is 0 Å². The molecule has 1 fully saturated rings. The lowest BCUT2D eigenvalue weighted by Crippen LogP contribution is -2.82. The predicted molar refractivity (Wildman–Crippen MR) is 93.8 cm³/mol. The Morgan fingerprint density at radius 3 is 2.46 bits per heavy atom. The van der Waals surface area contributed by atoms with E-state index in [-0.39, 0.29) is 12.0 Å². The van der Waals surface area contributed by atoms with Gasteiger partial charge >= 0.3 is 5.97 Å². The van der Waals surface area contributed by atoms with E-state index in [4.69, 9.17) is 14.2 Å². The Kier molecular flexibility index (Phi) is 4.42. The number of aliphatic carboxylic acids is 1. The van der Waals surface area contributed by atoms with Gasteiger partial charge in [0.2, 0.25) is 0 Å². The number of rotatable bonds is 4. The number of carboxylic acid groups (broad SMARTS) is 1. The number of methoxy groups -OCH3 is 1. The molecule has 6 heteroatoms. The van der Waals surface area contributed by atoms with Gasteiger partial charge in [-0.2, -0.15) is 0 Å². The molecule has 1 saturated heterocycles. The number of nitrogens with two attached hydrogens (primary N) is 1. The molecule has 2 aromatic carbocycles. The van der Waals surface area contributed by atoms with Crippen molar-refractivity contribution in [1.29, 1.82) is 0 Å². The van der Waals surface area contributed by atoms with Crippen molar-refractivity contribution >= 4 is 5.97 Å². The molecular formula is C20H22NO5+. The van der Waals surface area contributed by atoms with Crippen LogP contribution in [-0.2, 0) is 4.79 Å². The average Bonchev–Trinajstić information content (AvgIpc) is 3.13. The summed E-state index contributed by atoms with van der Waals surface area (Å²) in [7, 11) is 1.62. The van der Waals surface area contributed by atoms with Crippen LogP contribution in [0.3, 0.4) is 0 Å². The molecule has 0 amide bonds. The van der Waals surface area contributed by atoms with Gasteiger partial charge in [-0.1, -0.05) is 6.07 Å². The molecule has 2 aliphatic heterocycles. The van der Waals surface area contributed by atoms with E-state index < -0.39 is 11.9 Å². The van der Waals surface area contributed by atoms with Crippen LogP contribution in [0.4, 0.5) is 0 Å². The van der Waals surface area contributed by atoms with Gasteiger partial charge in [-0.25, -0.2) is 0 Å². The molecule has 3 atom stereocenters. The lowest BCUT2D eigenvalue weighted by atomic mass is 9.83. The van der Waals surface area contributed by atoms with Crippen molar-refractivity contribution in [1.82, 2.24) is 0 Å². The third-order valence-electron chi connectivity index (χ3n) is 5.24. The van der Waals surface area contributed by atoms with Crippen LogP contribution in [0.1, 0.15) is 23.1 Å². The third-order valence-corrected chi connectivity index (χ3v) is 5.24. The molecule has 0 saturated carbocycles. The molecule has 2 aliphatic rings. The normalized spacial score (nSPS) is 24.3. The summed E-state index contributed by atoms with van der Waals surface area (Å²) >= 11 is 0. The average molecular weight is 356 g/mol. The zero-order valence-electron chi connectivity index (χ0n) is 14.6. The monoisotopic (exact) mass is 356 g/mol. The molecule has 0 bridgehead atoms. The first-order valence-electron chi connectivity index (χ1n) is 8.77. The summed E-state index contributed by atoms with van der Waals surface area (Å²) in [4.78, 5) is 12.1. The second-order valence-electron chi connectivity index (χ2n) is 6.64. The van der Waals surface area contributed by atoms with Gasteiger partial charge in [-0.15, -0.1) is 0 Å². The second kappa shape index (κ2) is 6.88. The first-order valence-corrected chi connectivity index (χ1v) is 8.77. The van der Waals surface area contributed by atoms with Gasteiger partial charge in [0.1, 0.15) is 30.9 Å². The fourth-order valence-electron chi connectivity index (χ4n) is 3.97. The molecule has 2 unspecified atom stereocenters. The Hall–Kier alpha value is -2.73. The third kappa shape index (κ3) is 2.97. The van der Waals surface area contributed by atoms with Crippen molar-refractivity contribution in [2.75, 3.05) is 26.9 Å². The number of ether oxygens (including phenoxy) is 3. The number of carbonyl (C=O) groups is 1. The summed E-state index contributed by atoms with van der Waals surface area (Å²) < 4.78 is 16.4. The summed E-state index contributed by atoms with van der Waals surface area (Å²) in [6.07, 6.45) is 0. The molecule has 0 radical (unpaired) electrons. The predicted octanol–water partition coefficient (Wildman–Crippen LogP) is 1.57. The van der Waals surface area contributed by atoms with E-state index in [1.807, 2.05) is 42.5 Å². The Labute approximate surface area is 151 Å². The van der Waals surface area contributed by atoms with Gasteiger partial charge in [0.15, 0.2) is 11.5 Å². The number of carboxylic acids is 1. The summed E-state index contributed by atoms with van der Waals surface area (Å²) in [5.41, 5.74) is 1.98. The van der Waals surface area contributed by atoms with Crippen molar-refractivity contribution < 1.29 is 29.4 Å². The molecule has 6 nitrogen and oxygen atoms in total. The quantitative estimate of drug-likeness (QED) is 0.869.